The van der Waals surface area contributed by atoms with Gasteiger partial charge in [-0.3, -0.25) is 0 Å². The van der Waals surface area contributed by atoms with E-state index < -0.39 is 0 Å². The van der Waals surface area contributed by atoms with E-state index >= 15 is 0 Å². The molecule has 0 aromatic carbocycles. The predicted octanol–water partition coefficient (Wildman–Crippen LogP) is 2.96. The summed E-state index contributed by atoms with van der Waals surface area (Å²) in [5.41, 5.74) is 4.67. The Hall–Kier alpha value is -0.390. The highest BCUT2D eigenvalue weighted by molar-refractivity contribution is 6.18. The van der Waals surface area contributed by atoms with Crippen LogP contribution < -0.4 is 0 Å². The maximum Gasteiger partial charge on any atom is 0.125 e. The highest BCUT2D eigenvalue weighted by Crippen LogP contribution is 2.50. The fraction of sp³-hybridized carbons (Fsp3) is 0.700. The number of ether oxygens (including phenoxy) is 1. The molecule has 0 spiro atoms. The van der Waals surface area contributed by atoms with E-state index in [1.807, 2.05) is 0 Å². The third-order valence-corrected chi connectivity index (χ3v) is 3.16. The van der Waals surface area contributed by atoms with E-state index in [0.29, 0.717) is 5.92 Å². The minimum absolute atomic E-state index is 0.219. The zero-order valence-corrected chi connectivity index (χ0v) is 8.61. The molecule has 1 nitrogen and oxygen atoms in total. The van der Waals surface area contributed by atoms with Gasteiger partial charge >= 0.3 is 0 Å². The third kappa shape index (κ3) is 1.53. The van der Waals surface area contributed by atoms with E-state index in [-0.39, 0.29) is 5.41 Å². The summed E-state index contributed by atoms with van der Waals surface area (Å²) in [6.07, 6.45) is 2.68. The van der Waals surface area contributed by atoms with Crippen LogP contribution in [0.1, 0.15) is 20.3 Å². The van der Waals surface area contributed by atoms with Gasteiger partial charge in [-0.05, 0) is 23.3 Å². The predicted molar refractivity (Wildman–Crippen MR) is 51.2 cm³/mol. The average molecular weight is 187 g/mol. The molecule has 0 bridgehead atoms. The third-order valence-electron chi connectivity index (χ3n) is 2.79. The molecule has 1 fully saturated rings. The molecule has 0 aliphatic heterocycles. The Kier molecular flexibility index (Phi) is 2.87. The van der Waals surface area contributed by atoms with Crippen molar-refractivity contribution in [3.63, 3.8) is 0 Å². The number of alkyl halides is 1. The molecule has 1 aliphatic rings. The largest absolute Gasteiger partial charge is 0.496 e. The number of methoxy groups -OCH3 is 1. The Morgan fingerprint density at radius 3 is 2.83 bits per heavy atom. The number of halogens is 1. The van der Waals surface area contributed by atoms with E-state index in [4.69, 9.17) is 16.3 Å². The van der Waals surface area contributed by atoms with Gasteiger partial charge in [-0.25, -0.2) is 0 Å². The van der Waals surface area contributed by atoms with Crippen LogP contribution in [-0.2, 0) is 4.74 Å². The van der Waals surface area contributed by atoms with Gasteiger partial charge in [-0.2, -0.15) is 0 Å². The maximum absolute atomic E-state index is 5.80. The summed E-state index contributed by atoms with van der Waals surface area (Å²) in [7, 11) is 1.64. The van der Waals surface area contributed by atoms with E-state index in [2.05, 4.69) is 19.6 Å². The first kappa shape index (κ1) is 9.70. The van der Waals surface area contributed by atoms with Crippen molar-refractivity contribution in [2.24, 2.45) is 11.3 Å². The van der Waals surface area contributed by atoms with Crippen LogP contribution in [0, 0.1) is 11.3 Å². The zero-order valence-electron chi connectivity index (χ0n) is 7.86. The van der Waals surface area contributed by atoms with Crippen LogP contribution in [0.4, 0.5) is 0 Å². The lowest BCUT2D eigenvalue weighted by Gasteiger charge is -2.45. The fourth-order valence-electron chi connectivity index (χ4n) is 1.50. The lowest BCUT2D eigenvalue weighted by atomic mass is 9.60. The van der Waals surface area contributed by atoms with Crippen LogP contribution in [0.3, 0.4) is 0 Å². The van der Waals surface area contributed by atoms with E-state index in [1.54, 1.807) is 13.4 Å². The van der Waals surface area contributed by atoms with Gasteiger partial charge in [0, 0.05) is 5.88 Å². The summed E-state index contributed by atoms with van der Waals surface area (Å²) in [4.78, 5) is 0. The van der Waals surface area contributed by atoms with Gasteiger partial charge in [-0.1, -0.05) is 19.6 Å². The number of hydrogen-bond donors (Lipinski definition) is 0. The summed E-state index contributed by atoms with van der Waals surface area (Å²) in [6, 6.07) is 0. The standard InChI is InChI=1S/C10H15ClO/c1-10(2)8(4-5-12-3)6-9(10)7-11/h5,9H,6-7H2,1-3H3. The molecule has 1 aliphatic carbocycles. The van der Waals surface area contributed by atoms with Crippen LogP contribution in [0.2, 0.25) is 0 Å². The van der Waals surface area contributed by atoms with Crippen molar-refractivity contribution >= 4 is 11.6 Å². The molecule has 0 radical (unpaired) electrons. The summed E-state index contributed by atoms with van der Waals surface area (Å²) in [6.45, 7) is 4.41. The van der Waals surface area contributed by atoms with Gasteiger partial charge in [0.05, 0.1) is 7.11 Å². The van der Waals surface area contributed by atoms with E-state index in [1.165, 1.54) is 5.57 Å². The molecule has 0 amide bonds. The number of rotatable bonds is 2. The molecule has 1 rings (SSSR count). The second-order valence-corrected chi connectivity index (χ2v) is 4.06. The quantitative estimate of drug-likeness (QED) is 0.366. The molecule has 68 valence electrons. The van der Waals surface area contributed by atoms with Crippen molar-refractivity contribution in [3.05, 3.63) is 17.6 Å². The van der Waals surface area contributed by atoms with Crippen LogP contribution in [-0.4, -0.2) is 13.0 Å². The van der Waals surface area contributed by atoms with Crippen molar-refractivity contribution in [3.8, 4) is 0 Å². The summed E-state index contributed by atoms with van der Waals surface area (Å²) in [5, 5.41) is 0. The minimum Gasteiger partial charge on any atom is -0.496 e. The number of allylic oxidation sites excluding steroid dienone is 1. The molecule has 0 aromatic rings. The van der Waals surface area contributed by atoms with Crippen LogP contribution >= 0.6 is 11.6 Å². The average Bonchev–Trinajstić information content (AvgIpc) is 2.03. The van der Waals surface area contributed by atoms with Gasteiger partial charge in [0.1, 0.15) is 6.26 Å². The monoisotopic (exact) mass is 186 g/mol. The van der Waals surface area contributed by atoms with Gasteiger partial charge in [-0.15, -0.1) is 11.6 Å². The van der Waals surface area contributed by atoms with Crippen molar-refractivity contribution in [1.29, 1.82) is 0 Å². The molecular formula is C10H15ClO. The van der Waals surface area contributed by atoms with Gasteiger partial charge in [0.2, 0.25) is 0 Å². The molecule has 1 atom stereocenters. The van der Waals surface area contributed by atoms with E-state index in [0.717, 1.165) is 12.3 Å². The van der Waals surface area contributed by atoms with Gasteiger partial charge in [0.15, 0.2) is 0 Å². The summed E-state index contributed by atoms with van der Waals surface area (Å²) in [5.74, 6) is 1.34. The molecule has 0 N–H and O–H groups in total. The first-order valence-electron chi connectivity index (χ1n) is 4.16. The molecule has 2 heteroatoms. The second-order valence-electron chi connectivity index (χ2n) is 3.75. The van der Waals surface area contributed by atoms with Crippen LogP contribution in [0.15, 0.2) is 17.6 Å². The molecule has 0 aromatic heterocycles. The van der Waals surface area contributed by atoms with Crippen molar-refractivity contribution in [1.82, 2.24) is 0 Å². The Morgan fingerprint density at radius 2 is 2.42 bits per heavy atom. The Bertz CT molecular complexity index is 224. The van der Waals surface area contributed by atoms with Gasteiger partial charge < -0.3 is 4.74 Å². The fourth-order valence-corrected chi connectivity index (χ4v) is 2.00. The maximum atomic E-state index is 5.80. The minimum atomic E-state index is 0.219. The number of hydrogen-bond acceptors (Lipinski definition) is 1. The Morgan fingerprint density at radius 1 is 1.75 bits per heavy atom. The lowest BCUT2D eigenvalue weighted by Crippen LogP contribution is -2.38. The molecule has 12 heavy (non-hydrogen) atoms. The van der Waals surface area contributed by atoms with Crippen molar-refractivity contribution < 1.29 is 4.74 Å². The first-order chi connectivity index (χ1) is 5.62. The normalized spacial score (nSPS) is 25.7. The molecular weight excluding hydrogens is 172 g/mol. The first-order valence-corrected chi connectivity index (χ1v) is 4.69. The van der Waals surface area contributed by atoms with Gasteiger partial charge in [0.25, 0.3) is 0 Å². The summed E-state index contributed by atoms with van der Waals surface area (Å²) < 4.78 is 4.82. The van der Waals surface area contributed by atoms with E-state index in [9.17, 15) is 0 Å². The Balaban J connectivity index is 2.71. The molecule has 1 unspecified atom stereocenters. The topological polar surface area (TPSA) is 9.23 Å². The highest BCUT2D eigenvalue weighted by atomic mass is 35.5. The molecule has 1 saturated carbocycles. The van der Waals surface area contributed by atoms with Crippen molar-refractivity contribution in [2.75, 3.05) is 13.0 Å². The SMILES string of the molecule is COC=C=C1CC(CCl)C1(C)C. The smallest absolute Gasteiger partial charge is 0.125 e. The Labute approximate surface area is 79.1 Å². The summed E-state index contributed by atoms with van der Waals surface area (Å²) >= 11 is 5.80. The van der Waals surface area contributed by atoms with Crippen molar-refractivity contribution in [2.45, 2.75) is 20.3 Å². The highest BCUT2D eigenvalue weighted by Gasteiger charge is 2.42. The van der Waals surface area contributed by atoms with Crippen LogP contribution in [0.25, 0.3) is 0 Å². The molecule has 0 heterocycles. The van der Waals surface area contributed by atoms with Crippen LogP contribution in [0.5, 0.6) is 0 Å². The molecule has 0 saturated heterocycles. The second kappa shape index (κ2) is 3.55. The lowest BCUT2D eigenvalue weighted by molar-refractivity contribution is 0.190. The zero-order chi connectivity index (χ0) is 9.19.